The molecular weight excluding hydrogens is 346 g/mol. The molecule has 0 saturated heterocycles. The molecule has 0 saturated carbocycles. The summed E-state index contributed by atoms with van der Waals surface area (Å²) in [5.41, 5.74) is 3.56. The van der Waals surface area contributed by atoms with E-state index in [9.17, 15) is 0 Å². The van der Waals surface area contributed by atoms with Gasteiger partial charge in [-0.1, -0.05) is 40.2 Å². The summed E-state index contributed by atoms with van der Waals surface area (Å²) in [5, 5.41) is 12.9. The van der Waals surface area contributed by atoms with Crippen molar-refractivity contribution in [1.82, 2.24) is 15.5 Å². The van der Waals surface area contributed by atoms with Gasteiger partial charge in [0.25, 0.3) is 0 Å². The number of benzene rings is 1. The Bertz CT molecular complexity index is 706. The number of aromatic amines is 1. The van der Waals surface area contributed by atoms with Crippen molar-refractivity contribution in [2.24, 2.45) is 0 Å². The van der Waals surface area contributed by atoms with Crippen LogP contribution in [0.25, 0.3) is 10.6 Å². The average molecular weight is 362 g/mol. The second kappa shape index (κ2) is 6.56. The van der Waals surface area contributed by atoms with Crippen LogP contribution < -0.4 is 5.32 Å². The highest BCUT2D eigenvalue weighted by molar-refractivity contribution is 9.10. The Kier molecular flexibility index (Phi) is 4.53. The number of hydrogen-bond acceptors (Lipinski definition) is 3. The van der Waals surface area contributed by atoms with Gasteiger partial charge in [0.15, 0.2) is 0 Å². The highest BCUT2D eigenvalue weighted by Crippen LogP contribution is 2.27. The summed E-state index contributed by atoms with van der Waals surface area (Å²) in [6.07, 6.45) is 1.90. The minimum Gasteiger partial charge on any atom is -0.306 e. The van der Waals surface area contributed by atoms with Crippen LogP contribution in [0.5, 0.6) is 0 Å². The van der Waals surface area contributed by atoms with Crippen LogP contribution in [-0.2, 0) is 6.54 Å². The van der Waals surface area contributed by atoms with Gasteiger partial charge >= 0.3 is 0 Å². The maximum absolute atomic E-state index is 4.18. The fourth-order valence-electron chi connectivity index (χ4n) is 2.28. The zero-order chi connectivity index (χ0) is 14.7. The number of H-pyrrole nitrogens is 1. The number of nitrogens with zero attached hydrogens (tertiary/aromatic N) is 1. The topological polar surface area (TPSA) is 40.7 Å². The maximum atomic E-state index is 4.18. The van der Waals surface area contributed by atoms with E-state index in [2.05, 4.69) is 74.1 Å². The second-order valence-electron chi connectivity index (χ2n) is 4.87. The first kappa shape index (κ1) is 14.5. The molecule has 3 nitrogen and oxygen atoms in total. The van der Waals surface area contributed by atoms with Crippen LogP contribution in [0.2, 0.25) is 0 Å². The van der Waals surface area contributed by atoms with Gasteiger partial charge in [-0.2, -0.15) is 5.10 Å². The number of nitrogens with one attached hydrogen (secondary N) is 2. The zero-order valence-corrected chi connectivity index (χ0v) is 14.0. The normalized spacial score (nSPS) is 12.5. The predicted molar refractivity (Wildman–Crippen MR) is 91.3 cm³/mol. The molecule has 0 spiro atoms. The van der Waals surface area contributed by atoms with Gasteiger partial charge in [-0.25, -0.2) is 0 Å². The molecular formula is C16H16BrN3S. The first-order chi connectivity index (χ1) is 10.3. The van der Waals surface area contributed by atoms with Gasteiger partial charge in [0, 0.05) is 22.6 Å². The molecule has 0 radical (unpaired) electrons. The van der Waals surface area contributed by atoms with E-state index in [-0.39, 0.29) is 6.04 Å². The van der Waals surface area contributed by atoms with Crippen molar-refractivity contribution in [2.75, 3.05) is 0 Å². The molecule has 1 aromatic carbocycles. The lowest BCUT2D eigenvalue weighted by molar-refractivity contribution is 0.573. The van der Waals surface area contributed by atoms with Gasteiger partial charge < -0.3 is 5.32 Å². The van der Waals surface area contributed by atoms with Gasteiger partial charge in [-0.05, 0) is 30.0 Å². The lowest BCUT2D eigenvalue weighted by atomic mass is 10.1. The van der Waals surface area contributed by atoms with E-state index in [1.165, 1.54) is 16.0 Å². The molecule has 0 bridgehead atoms. The van der Waals surface area contributed by atoms with E-state index in [1.807, 2.05) is 12.3 Å². The number of aromatic nitrogens is 2. The summed E-state index contributed by atoms with van der Waals surface area (Å²) >= 11 is 5.33. The van der Waals surface area contributed by atoms with Crippen LogP contribution in [0.4, 0.5) is 0 Å². The first-order valence-electron chi connectivity index (χ1n) is 6.79. The monoisotopic (exact) mass is 361 g/mol. The SMILES string of the molecule is CC(NCc1cn[nH]c1-c1cccs1)c1ccccc1Br. The van der Waals surface area contributed by atoms with Gasteiger partial charge in [0.1, 0.15) is 0 Å². The van der Waals surface area contributed by atoms with Crippen LogP contribution in [0.1, 0.15) is 24.1 Å². The van der Waals surface area contributed by atoms with Crippen molar-refractivity contribution in [2.45, 2.75) is 19.5 Å². The molecule has 2 aromatic heterocycles. The molecule has 0 aliphatic carbocycles. The Morgan fingerprint density at radius 3 is 2.90 bits per heavy atom. The Balaban J connectivity index is 1.72. The van der Waals surface area contributed by atoms with E-state index in [1.54, 1.807) is 11.3 Å². The Labute approximate surface area is 136 Å². The molecule has 0 amide bonds. The predicted octanol–water partition coefficient (Wildman–Crippen LogP) is 4.75. The van der Waals surface area contributed by atoms with Crippen molar-refractivity contribution >= 4 is 27.3 Å². The number of hydrogen-bond donors (Lipinski definition) is 2. The molecule has 21 heavy (non-hydrogen) atoms. The zero-order valence-electron chi connectivity index (χ0n) is 11.6. The minimum absolute atomic E-state index is 0.270. The van der Waals surface area contributed by atoms with Crippen molar-refractivity contribution in [3.05, 3.63) is 63.6 Å². The van der Waals surface area contributed by atoms with Crippen molar-refractivity contribution < 1.29 is 0 Å². The molecule has 0 aliphatic heterocycles. The Morgan fingerprint density at radius 1 is 1.29 bits per heavy atom. The average Bonchev–Trinajstić information content (AvgIpc) is 3.16. The van der Waals surface area contributed by atoms with Crippen molar-refractivity contribution in [3.63, 3.8) is 0 Å². The van der Waals surface area contributed by atoms with Crippen LogP contribution >= 0.6 is 27.3 Å². The fourth-order valence-corrected chi connectivity index (χ4v) is 3.66. The molecule has 2 heterocycles. The molecule has 5 heteroatoms. The summed E-state index contributed by atoms with van der Waals surface area (Å²) in [6, 6.07) is 12.7. The smallest absolute Gasteiger partial charge is 0.0794 e. The second-order valence-corrected chi connectivity index (χ2v) is 6.67. The van der Waals surface area contributed by atoms with Crippen molar-refractivity contribution in [3.8, 4) is 10.6 Å². The number of halogens is 1. The third-order valence-corrected chi connectivity index (χ3v) is 5.07. The summed E-state index contributed by atoms with van der Waals surface area (Å²) in [6.45, 7) is 2.96. The molecule has 108 valence electrons. The van der Waals surface area contributed by atoms with Gasteiger partial charge in [-0.15, -0.1) is 11.3 Å². The summed E-state index contributed by atoms with van der Waals surface area (Å²) < 4.78 is 1.13. The summed E-state index contributed by atoms with van der Waals surface area (Å²) in [4.78, 5) is 1.22. The molecule has 0 fully saturated rings. The quantitative estimate of drug-likeness (QED) is 0.688. The molecule has 1 unspecified atom stereocenters. The van der Waals surface area contributed by atoms with E-state index >= 15 is 0 Å². The number of rotatable bonds is 5. The molecule has 3 aromatic rings. The van der Waals surface area contributed by atoms with E-state index in [0.717, 1.165) is 16.7 Å². The number of thiophene rings is 1. The van der Waals surface area contributed by atoms with Gasteiger partial charge in [0.05, 0.1) is 16.8 Å². The van der Waals surface area contributed by atoms with Crippen molar-refractivity contribution in [1.29, 1.82) is 0 Å². The van der Waals surface area contributed by atoms with Crippen LogP contribution in [0.3, 0.4) is 0 Å². The summed E-state index contributed by atoms with van der Waals surface area (Å²) in [5.74, 6) is 0. The van der Waals surface area contributed by atoms with E-state index in [0.29, 0.717) is 0 Å². The largest absolute Gasteiger partial charge is 0.306 e. The maximum Gasteiger partial charge on any atom is 0.0794 e. The minimum atomic E-state index is 0.270. The lowest BCUT2D eigenvalue weighted by Gasteiger charge is -2.15. The highest BCUT2D eigenvalue weighted by atomic mass is 79.9. The molecule has 3 rings (SSSR count). The fraction of sp³-hybridized carbons (Fsp3) is 0.188. The Morgan fingerprint density at radius 2 is 2.14 bits per heavy atom. The molecule has 1 atom stereocenters. The molecule has 2 N–H and O–H groups in total. The third-order valence-electron chi connectivity index (χ3n) is 3.46. The standard InChI is InChI=1S/C16H16BrN3S/c1-11(13-5-2-3-6-14(13)17)18-9-12-10-19-20-16(12)15-7-4-8-21-15/h2-8,10-11,18H,9H2,1H3,(H,19,20). The first-order valence-corrected chi connectivity index (χ1v) is 8.47. The van der Waals surface area contributed by atoms with Crippen LogP contribution in [-0.4, -0.2) is 10.2 Å². The highest BCUT2D eigenvalue weighted by Gasteiger charge is 2.12. The van der Waals surface area contributed by atoms with E-state index < -0.39 is 0 Å². The van der Waals surface area contributed by atoms with Crippen LogP contribution in [0, 0.1) is 0 Å². The third kappa shape index (κ3) is 3.26. The Hall–Kier alpha value is -1.43. The summed E-state index contributed by atoms with van der Waals surface area (Å²) in [7, 11) is 0. The van der Waals surface area contributed by atoms with E-state index in [4.69, 9.17) is 0 Å². The van der Waals surface area contributed by atoms with Crippen LogP contribution in [0.15, 0.2) is 52.4 Å². The molecule has 0 aliphatic rings. The van der Waals surface area contributed by atoms with Gasteiger partial charge in [-0.3, -0.25) is 5.10 Å². The lowest BCUT2D eigenvalue weighted by Crippen LogP contribution is -2.18. The van der Waals surface area contributed by atoms with Gasteiger partial charge in [0.2, 0.25) is 0 Å².